The van der Waals surface area contributed by atoms with Crippen LogP contribution in [0.25, 0.3) is 0 Å². The van der Waals surface area contributed by atoms with Crippen LogP contribution in [0.15, 0.2) is 47.4 Å². The van der Waals surface area contributed by atoms with Crippen molar-refractivity contribution in [2.45, 2.75) is 31.2 Å². The number of amides is 1. The third-order valence-corrected chi connectivity index (χ3v) is 5.24. The van der Waals surface area contributed by atoms with Crippen molar-refractivity contribution in [1.29, 1.82) is 0 Å². The molecule has 0 fully saturated rings. The predicted molar refractivity (Wildman–Crippen MR) is 97.3 cm³/mol. The van der Waals surface area contributed by atoms with E-state index in [1.54, 1.807) is 19.9 Å². The number of benzene rings is 2. The molecule has 2 aromatic carbocycles. The molecule has 0 aliphatic carbocycles. The Kier molecular flexibility index (Phi) is 6.24. The highest BCUT2D eigenvalue weighted by Crippen LogP contribution is 2.25. The summed E-state index contributed by atoms with van der Waals surface area (Å²) in [6, 6.07) is 7.25. The lowest BCUT2D eigenvalue weighted by atomic mass is 10.1. The van der Waals surface area contributed by atoms with Gasteiger partial charge in [-0.2, -0.15) is 4.72 Å². The molecular formula is C17H18FN3O5S. The first-order chi connectivity index (χ1) is 12.6. The average molecular weight is 395 g/mol. The number of anilines is 1. The molecule has 0 saturated heterocycles. The van der Waals surface area contributed by atoms with Gasteiger partial charge in [0.15, 0.2) is 0 Å². The maximum atomic E-state index is 13.0. The van der Waals surface area contributed by atoms with Crippen LogP contribution in [0.3, 0.4) is 0 Å². The number of nitro groups is 1. The van der Waals surface area contributed by atoms with Gasteiger partial charge in [-0.15, -0.1) is 0 Å². The molecule has 27 heavy (non-hydrogen) atoms. The molecule has 1 atom stereocenters. The van der Waals surface area contributed by atoms with Crippen molar-refractivity contribution >= 4 is 27.3 Å². The van der Waals surface area contributed by atoms with Crippen LogP contribution >= 0.6 is 0 Å². The lowest BCUT2D eigenvalue weighted by molar-refractivity contribution is -0.384. The van der Waals surface area contributed by atoms with Crippen LogP contribution in [0.1, 0.15) is 18.9 Å². The van der Waals surface area contributed by atoms with E-state index in [2.05, 4.69) is 10.0 Å². The van der Waals surface area contributed by atoms with Gasteiger partial charge in [-0.1, -0.05) is 13.0 Å². The summed E-state index contributed by atoms with van der Waals surface area (Å²) >= 11 is 0. The summed E-state index contributed by atoms with van der Waals surface area (Å²) in [5.74, 6) is -1.33. The molecule has 0 saturated carbocycles. The predicted octanol–water partition coefficient (Wildman–Crippen LogP) is 2.74. The van der Waals surface area contributed by atoms with E-state index in [1.165, 1.54) is 12.1 Å². The first kappa shape index (κ1) is 20.5. The Bertz CT molecular complexity index is 961. The Morgan fingerprint density at radius 3 is 2.41 bits per heavy atom. The quantitative estimate of drug-likeness (QED) is 0.552. The van der Waals surface area contributed by atoms with Crippen molar-refractivity contribution in [2.24, 2.45) is 0 Å². The molecule has 144 valence electrons. The van der Waals surface area contributed by atoms with Gasteiger partial charge in [-0.25, -0.2) is 12.8 Å². The SMILES string of the molecule is CCC(NS(=O)(=O)c1ccc(F)cc1)C(=O)Nc1ccc(C)cc1[N+](=O)[O-]. The van der Waals surface area contributed by atoms with E-state index in [-0.39, 0.29) is 22.7 Å². The van der Waals surface area contributed by atoms with Crippen LogP contribution in [0.2, 0.25) is 0 Å². The molecule has 0 aliphatic heterocycles. The average Bonchev–Trinajstić information content (AvgIpc) is 2.61. The van der Waals surface area contributed by atoms with Crippen molar-refractivity contribution in [2.75, 3.05) is 5.32 Å². The molecule has 0 radical (unpaired) electrons. The Morgan fingerprint density at radius 1 is 1.22 bits per heavy atom. The van der Waals surface area contributed by atoms with Gasteiger partial charge < -0.3 is 5.32 Å². The van der Waals surface area contributed by atoms with Gasteiger partial charge in [-0.3, -0.25) is 14.9 Å². The third kappa shape index (κ3) is 5.08. The second-order valence-corrected chi connectivity index (χ2v) is 7.52. The van der Waals surface area contributed by atoms with Crippen LogP contribution < -0.4 is 10.0 Å². The van der Waals surface area contributed by atoms with E-state index >= 15 is 0 Å². The number of halogens is 1. The summed E-state index contributed by atoms with van der Waals surface area (Å²) < 4.78 is 39.9. The molecule has 2 rings (SSSR count). The summed E-state index contributed by atoms with van der Waals surface area (Å²) in [6.07, 6.45) is 0.103. The maximum Gasteiger partial charge on any atom is 0.293 e. The van der Waals surface area contributed by atoms with E-state index in [0.717, 1.165) is 24.3 Å². The summed E-state index contributed by atoms with van der Waals surface area (Å²) in [7, 11) is -4.07. The summed E-state index contributed by atoms with van der Waals surface area (Å²) in [5, 5.41) is 13.5. The minimum absolute atomic E-state index is 0.0324. The zero-order chi connectivity index (χ0) is 20.2. The highest BCUT2D eigenvalue weighted by atomic mass is 32.2. The van der Waals surface area contributed by atoms with Crippen molar-refractivity contribution in [3.8, 4) is 0 Å². The van der Waals surface area contributed by atoms with Gasteiger partial charge in [0.1, 0.15) is 17.5 Å². The summed E-state index contributed by atoms with van der Waals surface area (Å²) in [5.41, 5.74) is 0.318. The molecule has 1 unspecified atom stereocenters. The molecule has 0 bridgehead atoms. The van der Waals surface area contributed by atoms with Gasteiger partial charge in [0.05, 0.1) is 9.82 Å². The Balaban J connectivity index is 2.21. The first-order valence-corrected chi connectivity index (χ1v) is 9.46. The van der Waals surface area contributed by atoms with Crippen LogP contribution in [0.5, 0.6) is 0 Å². The fourth-order valence-corrected chi connectivity index (χ4v) is 3.59. The van der Waals surface area contributed by atoms with Crippen LogP contribution in [-0.4, -0.2) is 25.3 Å². The van der Waals surface area contributed by atoms with Crippen molar-refractivity contribution < 1.29 is 22.5 Å². The number of sulfonamides is 1. The van der Waals surface area contributed by atoms with E-state index in [4.69, 9.17) is 0 Å². The maximum absolute atomic E-state index is 13.0. The molecule has 0 aliphatic rings. The lowest BCUT2D eigenvalue weighted by Crippen LogP contribution is -2.43. The van der Waals surface area contributed by atoms with Crippen LogP contribution in [0, 0.1) is 22.9 Å². The Labute approximate surface area is 155 Å². The monoisotopic (exact) mass is 395 g/mol. The number of hydrogen-bond donors (Lipinski definition) is 2. The number of nitrogens with one attached hydrogen (secondary N) is 2. The fraction of sp³-hybridized carbons (Fsp3) is 0.235. The Morgan fingerprint density at radius 2 is 1.85 bits per heavy atom. The third-order valence-electron chi connectivity index (χ3n) is 3.75. The zero-order valence-electron chi connectivity index (χ0n) is 14.6. The van der Waals surface area contributed by atoms with Gasteiger partial charge in [-0.05, 0) is 49.2 Å². The summed E-state index contributed by atoms with van der Waals surface area (Å²) in [6.45, 7) is 3.26. The number of nitro benzene ring substituents is 1. The van der Waals surface area contributed by atoms with E-state index in [0.29, 0.717) is 5.56 Å². The summed E-state index contributed by atoms with van der Waals surface area (Å²) in [4.78, 5) is 22.8. The van der Waals surface area contributed by atoms with Crippen molar-refractivity contribution in [3.05, 3.63) is 64.0 Å². The second-order valence-electron chi connectivity index (χ2n) is 5.80. The topological polar surface area (TPSA) is 118 Å². The number of carbonyl (C=O) groups excluding carboxylic acids is 1. The van der Waals surface area contributed by atoms with Crippen LogP contribution in [0.4, 0.5) is 15.8 Å². The number of nitrogens with zero attached hydrogens (tertiary/aromatic N) is 1. The number of carbonyl (C=O) groups is 1. The fourth-order valence-electron chi connectivity index (χ4n) is 2.31. The highest BCUT2D eigenvalue weighted by Gasteiger charge is 2.26. The number of hydrogen-bond acceptors (Lipinski definition) is 5. The highest BCUT2D eigenvalue weighted by molar-refractivity contribution is 7.89. The molecule has 0 spiro atoms. The molecule has 2 N–H and O–H groups in total. The standard InChI is InChI=1S/C17H18FN3O5S/c1-3-14(20-27(25,26)13-7-5-12(18)6-8-13)17(22)19-15-9-4-11(2)10-16(15)21(23)24/h4-10,14,20H,3H2,1-2H3,(H,19,22). The second kappa shape index (κ2) is 8.23. The van der Waals surface area contributed by atoms with Gasteiger partial charge in [0.2, 0.25) is 15.9 Å². The van der Waals surface area contributed by atoms with Crippen LogP contribution in [-0.2, 0) is 14.8 Å². The van der Waals surface area contributed by atoms with Gasteiger partial charge >= 0.3 is 0 Å². The number of aryl methyl sites for hydroxylation is 1. The van der Waals surface area contributed by atoms with E-state index in [1.807, 2.05) is 0 Å². The van der Waals surface area contributed by atoms with E-state index < -0.39 is 32.7 Å². The smallest absolute Gasteiger partial charge is 0.293 e. The van der Waals surface area contributed by atoms with Crippen molar-refractivity contribution in [1.82, 2.24) is 4.72 Å². The molecule has 0 heterocycles. The normalized spacial score (nSPS) is 12.4. The lowest BCUT2D eigenvalue weighted by Gasteiger charge is -2.17. The molecule has 0 aromatic heterocycles. The van der Waals surface area contributed by atoms with E-state index in [9.17, 15) is 27.7 Å². The molecule has 10 heteroatoms. The van der Waals surface area contributed by atoms with Gasteiger partial charge in [0, 0.05) is 6.07 Å². The molecular weight excluding hydrogens is 377 g/mol. The minimum atomic E-state index is -4.07. The molecule has 8 nitrogen and oxygen atoms in total. The molecule has 2 aromatic rings. The molecule has 1 amide bonds. The largest absolute Gasteiger partial charge is 0.319 e. The zero-order valence-corrected chi connectivity index (χ0v) is 15.4. The Hall–Kier alpha value is -2.85. The first-order valence-electron chi connectivity index (χ1n) is 7.98. The van der Waals surface area contributed by atoms with Crippen molar-refractivity contribution in [3.63, 3.8) is 0 Å². The van der Waals surface area contributed by atoms with Gasteiger partial charge in [0.25, 0.3) is 5.69 Å². The minimum Gasteiger partial charge on any atom is -0.319 e. The number of rotatable bonds is 7.